The monoisotopic (exact) mass is 339 g/mol. The van der Waals surface area contributed by atoms with Gasteiger partial charge in [-0.25, -0.2) is 0 Å². The average Bonchev–Trinajstić information content (AvgIpc) is 2.52. The number of likely N-dealkylation sites (tertiary alicyclic amines) is 1. The molecule has 0 radical (unpaired) electrons. The van der Waals surface area contributed by atoms with Crippen molar-refractivity contribution in [2.75, 3.05) is 26.2 Å². The number of nitrogens with zero attached hydrogens (tertiary/aromatic N) is 1. The normalized spacial score (nSPS) is 15.9. The van der Waals surface area contributed by atoms with Gasteiger partial charge in [-0.05, 0) is 69.3 Å². The predicted molar refractivity (Wildman–Crippen MR) is 97.6 cm³/mol. The van der Waals surface area contributed by atoms with Gasteiger partial charge in [0.15, 0.2) is 0 Å². The van der Waals surface area contributed by atoms with Crippen molar-refractivity contribution in [2.24, 2.45) is 5.92 Å². The Hall–Kier alpha value is -1.06. The Kier molecular flexibility index (Phi) is 9.27. The summed E-state index contributed by atoms with van der Waals surface area (Å²) in [5, 5.41) is 0. The van der Waals surface area contributed by atoms with E-state index in [1.54, 1.807) is 6.92 Å². The number of carbonyl (C=O) groups excluding carboxylic acids is 1. The van der Waals surface area contributed by atoms with Crippen LogP contribution in [0.4, 0.5) is 0 Å². The third-order valence-electron chi connectivity index (χ3n) is 4.45. The summed E-state index contributed by atoms with van der Waals surface area (Å²) in [7, 11) is 0. The summed E-state index contributed by atoms with van der Waals surface area (Å²) in [4.78, 5) is 13.5. The quantitative estimate of drug-likeness (QED) is 0.667. The van der Waals surface area contributed by atoms with Crippen molar-refractivity contribution < 1.29 is 9.53 Å². The minimum Gasteiger partial charge on any atom is -0.494 e. The maximum Gasteiger partial charge on any atom is 0.130 e. The van der Waals surface area contributed by atoms with E-state index < -0.39 is 0 Å². The van der Waals surface area contributed by atoms with E-state index in [2.05, 4.69) is 24.0 Å². The molecular weight excluding hydrogens is 310 g/mol. The topological polar surface area (TPSA) is 29.5 Å². The zero-order valence-corrected chi connectivity index (χ0v) is 15.2. The molecule has 130 valence electrons. The number of halogens is 1. The molecule has 3 nitrogen and oxygen atoms in total. The van der Waals surface area contributed by atoms with Crippen LogP contribution in [0.25, 0.3) is 0 Å². The molecule has 4 heteroatoms. The Morgan fingerprint density at radius 3 is 2.48 bits per heavy atom. The number of benzene rings is 1. The maximum atomic E-state index is 11.0. The number of Topliss-reactive ketones (excluding diaryl/α,β-unsaturated/α-hetero) is 1. The van der Waals surface area contributed by atoms with Crippen molar-refractivity contribution in [1.29, 1.82) is 0 Å². The summed E-state index contributed by atoms with van der Waals surface area (Å²) >= 11 is 0. The van der Waals surface area contributed by atoms with E-state index in [4.69, 9.17) is 4.74 Å². The van der Waals surface area contributed by atoms with Gasteiger partial charge < -0.3 is 14.4 Å². The number of hydrogen-bond donors (Lipinski definition) is 0. The van der Waals surface area contributed by atoms with Crippen molar-refractivity contribution in [2.45, 2.75) is 46.0 Å². The highest BCUT2D eigenvalue weighted by Gasteiger charge is 2.14. The fourth-order valence-electron chi connectivity index (χ4n) is 2.84. The molecule has 0 aromatic heterocycles. The van der Waals surface area contributed by atoms with Gasteiger partial charge in [0.05, 0.1) is 6.61 Å². The van der Waals surface area contributed by atoms with Gasteiger partial charge in [0.25, 0.3) is 0 Å². The number of hydrogen-bond acceptors (Lipinski definition) is 3. The molecule has 0 bridgehead atoms. The van der Waals surface area contributed by atoms with Gasteiger partial charge in [-0.2, -0.15) is 0 Å². The Morgan fingerprint density at radius 2 is 1.87 bits per heavy atom. The summed E-state index contributed by atoms with van der Waals surface area (Å²) in [6.07, 6.45) is 5.20. The van der Waals surface area contributed by atoms with E-state index >= 15 is 0 Å². The highest BCUT2D eigenvalue weighted by Crippen LogP contribution is 2.17. The first-order valence-electron chi connectivity index (χ1n) is 8.57. The molecule has 0 amide bonds. The number of ketones is 1. The third kappa shape index (κ3) is 7.85. The number of rotatable bonds is 8. The van der Waals surface area contributed by atoms with E-state index in [0.29, 0.717) is 6.42 Å². The van der Waals surface area contributed by atoms with Crippen LogP contribution in [0, 0.1) is 5.92 Å². The highest BCUT2D eigenvalue weighted by molar-refractivity contribution is 5.85. The number of ether oxygens (including phenoxy) is 1. The van der Waals surface area contributed by atoms with Crippen LogP contribution < -0.4 is 4.74 Å². The Labute approximate surface area is 146 Å². The average molecular weight is 340 g/mol. The molecule has 0 unspecified atom stereocenters. The molecule has 0 saturated carbocycles. The summed E-state index contributed by atoms with van der Waals surface area (Å²) in [6, 6.07) is 8.14. The molecule has 1 saturated heterocycles. The fourth-order valence-corrected chi connectivity index (χ4v) is 2.84. The first-order chi connectivity index (χ1) is 10.6. The van der Waals surface area contributed by atoms with Gasteiger partial charge in [0.1, 0.15) is 11.5 Å². The summed E-state index contributed by atoms with van der Waals surface area (Å²) in [5.74, 6) is 2.07. The molecule has 1 aromatic carbocycles. The van der Waals surface area contributed by atoms with Gasteiger partial charge in [-0.3, -0.25) is 0 Å². The minimum absolute atomic E-state index is 0. The largest absolute Gasteiger partial charge is 0.494 e. The molecule has 1 aliphatic heterocycles. The standard InChI is InChI=1S/C19H29NO2.ClH/c1-16-10-13-20(14-11-16)12-3-15-22-19-8-6-18(7-9-19)5-4-17(2)21;/h6-9,16H,3-5,10-15H2,1-2H3;1H. The molecule has 0 atom stereocenters. The molecule has 1 aliphatic rings. The van der Waals surface area contributed by atoms with Gasteiger partial charge in [0, 0.05) is 13.0 Å². The zero-order valence-electron chi connectivity index (χ0n) is 14.4. The van der Waals surface area contributed by atoms with Crippen LogP contribution in [0.3, 0.4) is 0 Å². The van der Waals surface area contributed by atoms with E-state index in [1.165, 1.54) is 31.5 Å². The van der Waals surface area contributed by atoms with E-state index in [1.807, 2.05) is 12.1 Å². The fraction of sp³-hybridized carbons (Fsp3) is 0.632. The van der Waals surface area contributed by atoms with Gasteiger partial charge in [0.2, 0.25) is 0 Å². The van der Waals surface area contributed by atoms with E-state index in [-0.39, 0.29) is 18.2 Å². The molecule has 0 N–H and O–H groups in total. The number of aryl methyl sites for hydroxylation is 1. The first kappa shape index (κ1) is 20.0. The minimum atomic E-state index is 0. The predicted octanol–water partition coefficient (Wildman–Crippen LogP) is 4.13. The number of piperidine rings is 1. The van der Waals surface area contributed by atoms with Crippen molar-refractivity contribution in [3.63, 3.8) is 0 Å². The van der Waals surface area contributed by atoms with Crippen molar-refractivity contribution in [3.05, 3.63) is 29.8 Å². The van der Waals surface area contributed by atoms with Crippen molar-refractivity contribution in [1.82, 2.24) is 4.90 Å². The molecule has 23 heavy (non-hydrogen) atoms. The van der Waals surface area contributed by atoms with Crippen molar-refractivity contribution in [3.8, 4) is 5.75 Å². The van der Waals surface area contributed by atoms with Gasteiger partial charge in [-0.15, -0.1) is 12.4 Å². The van der Waals surface area contributed by atoms with Crippen LogP contribution in [-0.4, -0.2) is 36.9 Å². The summed E-state index contributed by atoms with van der Waals surface area (Å²) in [5.41, 5.74) is 1.20. The second-order valence-corrected chi connectivity index (χ2v) is 6.57. The van der Waals surface area contributed by atoms with Crippen LogP contribution in [0.15, 0.2) is 24.3 Å². The van der Waals surface area contributed by atoms with Gasteiger partial charge in [-0.1, -0.05) is 19.1 Å². The smallest absolute Gasteiger partial charge is 0.130 e. The van der Waals surface area contributed by atoms with Crippen molar-refractivity contribution >= 4 is 18.2 Å². The molecule has 1 heterocycles. The lowest BCUT2D eigenvalue weighted by atomic mass is 9.99. The van der Waals surface area contributed by atoms with Crippen LogP contribution in [0.5, 0.6) is 5.75 Å². The molecule has 1 aromatic rings. The van der Waals surface area contributed by atoms with Crippen LogP contribution in [0.1, 0.15) is 45.1 Å². The lowest BCUT2D eigenvalue weighted by Crippen LogP contribution is -2.34. The highest BCUT2D eigenvalue weighted by atomic mass is 35.5. The first-order valence-corrected chi connectivity index (χ1v) is 8.57. The molecule has 2 rings (SSSR count). The summed E-state index contributed by atoms with van der Waals surface area (Å²) in [6.45, 7) is 8.39. The SMILES string of the molecule is CC(=O)CCc1ccc(OCCCN2CCC(C)CC2)cc1.Cl. The second-order valence-electron chi connectivity index (χ2n) is 6.57. The Balaban J connectivity index is 0.00000264. The van der Waals surface area contributed by atoms with Crippen LogP contribution >= 0.6 is 12.4 Å². The van der Waals surface area contributed by atoms with E-state index in [9.17, 15) is 4.79 Å². The Morgan fingerprint density at radius 1 is 1.22 bits per heavy atom. The lowest BCUT2D eigenvalue weighted by Gasteiger charge is -2.30. The molecule has 0 aliphatic carbocycles. The third-order valence-corrected chi connectivity index (χ3v) is 4.45. The Bertz CT molecular complexity index is 453. The molecule has 1 fully saturated rings. The lowest BCUT2D eigenvalue weighted by molar-refractivity contribution is -0.116. The zero-order chi connectivity index (χ0) is 15.8. The molecule has 0 spiro atoms. The van der Waals surface area contributed by atoms with Crippen LogP contribution in [0.2, 0.25) is 0 Å². The number of carbonyl (C=O) groups is 1. The second kappa shape index (κ2) is 10.7. The van der Waals surface area contributed by atoms with Crippen LogP contribution in [-0.2, 0) is 11.2 Å². The van der Waals surface area contributed by atoms with E-state index in [0.717, 1.165) is 37.7 Å². The molecular formula is C19H30ClNO2. The summed E-state index contributed by atoms with van der Waals surface area (Å²) < 4.78 is 5.81. The van der Waals surface area contributed by atoms with Gasteiger partial charge >= 0.3 is 0 Å². The maximum absolute atomic E-state index is 11.0.